The molecule has 20 heavy (non-hydrogen) atoms. The number of carbonyl (C=O) groups excluding carboxylic acids is 1. The van der Waals surface area contributed by atoms with Crippen molar-refractivity contribution in [2.45, 2.75) is 39.0 Å². The molecule has 5 heteroatoms. The lowest BCUT2D eigenvalue weighted by atomic mass is 10.2. The molecule has 0 aliphatic carbocycles. The van der Waals surface area contributed by atoms with E-state index in [4.69, 9.17) is 5.73 Å². The second-order valence-electron chi connectivity index (χ2n) is 5.18. The summed E-state index contributed by atoms with van der Waals surface area (Å²) in [6, 6.07) is 7.25. The van der Waals surface area contributed by atoms with E-state index in [2.05, 4.69) is 5.32 Å². The van der Waals surface area contributed by atoms with Gasteiger partial charge in [-0.3, -0.25) is 9.69 Å². The van der Waals surface area contributed by atoms with Crippen molar-refractivity contribution in [2.75, 3.05) is 18.9 Å². The number of nitrogens with one attached hydrogen (secondary N) is 1. The van der Waals surface area contributed by atoms with E-state index in [1.807, 2.05) is 43.1 Å². The summed E-state index contributed by atoms with van der Waals surface area (Å²) in [5, 5.41) is 12.1. The minimum atomic E-state index is -0.350. The molecule has 5 nitrogen and oxygen atoms in total. The SMILES string of the molecule is CC(O)CCN(C)C(C)C(=O)Nc1ccc(CN)cc1. The van der Waals surface area contributed by atoms with E-state index >= 15 is 0 Å². The van der Waals surface area contributed by atoms with Crippen LogP contribution in [-0.2, 0) is 11.3 Å². The van der Waals surface area contributed by atoms with Gasteiger partial charge in [-0.15, -0.1) is 0 Å². The van der Waals surface area contributed by atoms with Crippen LogP contribution < -0.4 is 11.1 Å². The summed E-state index contributed by atoms with van der Waals surface area (Å²) >= 11 is 0. The Kier molecular flexibility index (Phi) is 6.64. The first kappa shape index (κ1) is 16.6. The Labute approximate surface area is 120 Å². The normalized spacial score (nSPS) is 14.1. The van der Waals surface area contributed by atoms with E-state index in [0.29, 0.717) is 19.5 Å². The molecule has 2 atom stereocenters. The van der Waals surface area contributed by atoms with Crippen LogP contribution in [0.1, 0.15) is 25.8 Å². The number of hydrogen-bond acceptors (Lipinski definition) is 4. The number of likely N-dealkylation sites (N-methyl/N-ethyl adjacent to an activating group) is 1. The van der Waals surface area contributed by atoms with Crippen LogP contribution in [0.2, 0.25) is 0 Å². The fourth-order valence-corrected chi connectivity index (χ4v) is 1.76. The lowest BCUT2D eigenvalue weighted by Crippen LogP contribution is -2.40. The van der Waals surface area contributed by atoms with Gasteiger partial charge in [0.25, 0.3) is 0 Å². The highest BCUT2D eigenvalue weighted by molar-refractivity contribution is 5.94. The minimum absolute atomic E-state index is 0.0569. The van der Waals surface area contributed by atoms with E-state index in [1.54, 1.807) is 6.92 Å². The molecule has 0 spiro atoms. The number of rotatable bonds is 7. The van der Waals surface area contributed by atoms with Crippen molar-refractivity contribution >= 4 is 11.6 Å². The van der Waals surface area contributed by atoms with Crippen LogP contribution in [-0.4, -0.2) is 41.7 Å². The van der Waals surface area contributed by atoms with E-state index < -0.39 is 0 Å². The van der Waals surface area contributed by atoms with E-state index in [9.17, 15) is 9.90 Å². The highest BCUT2D eigenvalue weighted by atomic mass is 16.3. The third-order valence-corrected chi connectivity index (χ3v) is 3.40. The molecule has 1 rings (SSSR count). The number of carbonyl (C=O) groups is 1. The van der Waals surface area contributed by atoms with Gasteiger partial charge in [0.1, 0.15) is 0 Å². The summed E-state index contributed by atoms with van der Waals surface area (Å²) in [7, 11) is 1.88. The van der Waals surface area contributed by atoms with Crippen molar-refractivity contribution < 1.29 is 9.90 Å². The molecule has 0 aromatic heterocycles. The molecule has 1 aromatic carbocycles. The van der Waals surface area contributed by atoms with Crippen LogP contribution in [0.5, 0.6) is 0 Å². The predicted molar refractivity (Wildman–Crippen MR) is 81.4 cm³/mol. The van der Waals surface area contributed by atoms with Gasteiger partial charge in [0.05, 0.1) is 12.1 Å². The van der Waals surface area contributed by atoms with Gasteiger partial charge >= 0.3 is 0 Å². The largest absolute Gasteiger partial charge is 0.393 e. The number of benzene rings is 1. The molecular formula is C15H25N3O2. The third kappa shape index (κ3) is 5.28. The molecule has 0 heterocycles. The van der Waals surface area contributed by atoms with Crippen LogP contribution >= 0.6 is 0 Å². The van der Waals surface area contributed by atoms with Crippen LogP contribution in [0.3, 0.4) is 0 Å². The van der Waals surface area contributed by atoms with Crippen molar-refractivity contribution in [3.63, 3.8) is 0 Å². The van der Waals surface area contributed by atoms with E-state index in [1.165, 1.54) is 0 Å². The van der Waals surface area contributed by atoms with Gasteiger partial charge < -0.3 is 16.2 Å². The zero-order valence-corrected chi connectivity index (χ0v) is 12.5. The maximum absolute atomic E-state index is 12.1. The Morgan fingerprint density at radius 2 is 1.95 bits per heavy atom. The number of hydrogen-bond donors (Lipinski definition) is 3. The molecule has 0 aliphatic rings. The van der Waals surface area contributed by atoms with Gasteiger partial charge in [0.2, 0.25) is 5.91 Å². The van der Waals surface area contributed by atoms with Gasteiger partial charge in [0, 0.05) is 18.8 Å². The first-order valence-electron chi connectivity index (χ1n) is 6.92. The summed E-state index contributed by atoms with van der Waals surface area (Å²) in [5.41, 5.74) is 7.33. The quantitative estimate of drug-likeness (QED) is 0.700. The summed E-state index contributed by atoms with van der Waals surface area (Å²) in [6.45, 7) is 4.77. The number of aliphatic hydroxyl groups excluding tert-OH is 1. The number of nitrogens with zero attached hydrogens (tertiary/aromatic N) is 1. The lowest BCUT2D eigenvalue weighted by Gasteiger charge is -2.24. The summed E-state index contributed by atoms with van der Waals surface area (Å²) in [6.07, 6.45) is 0.302. The molecule has 0 fully saturated rings. The first-order chi connectivity index (χ1) is 9.43. The number of aliphatic hydroxyl groups is 1. The van der Waals surface area contributed by atoms with Crippen LogP contribution in [0.25, 0.3) is 0 Å². The molecule has 0 bridgehead atoms. The second kappa shape index (κ2) is 7.99. The molecule has 2 unspecified atom stereocenters. The second-order valence-corrected chi connectivity index (χ2v) is 5.18. The van der Waals surface area contributed by atoms with Crippen LogP contribution in [0.4, 0.5) is 5.69 Å². The fraction of sp³-hybridized carbons (Fsp3) is 0.533. The molecule has 0 saturated carbocycles. The molecule has 0 saturated heterocycles. The van der Waals surface area contributed by atoms with Gasteiger partial charge in [-0.05, 0) is 45.0 Å². The first-order valence-corrected chi connectivity index (χ1v) is 6.92. The van der Waals surface area contributed by atoms with Crippen molar-refractivity contribution in [1.29, 1.82) is 0 Å². The molecular weight excluding hydrogens is 254 g/mol. The number of amides is 1. The fourth-order valence-electron chi connectivity index (χ4n) is 1.76. The number of nitrogens with two attached hydrogens (primary N) is 1. The summed E-state index contributed by atoms with van der Waals surface area (Å²) in [4.78, 5) is 14.0. The van der Waals surface area contributed by atoms with Gasteiger partial charge in [-0.2, -0.15) is 0 Å². The standard InChI is InChI=1S/C15H25N3O2/c1-11(19)8-9-18(3)12(2)15(20)17-14-6-4-13(10-16)5-7-14/h4-7,11-12,19H,8-10,16H2,1-3H3,(H,17,20). The Morgan fingerprint density at radius 3 is 2.45 bits per heavy atom. The average molecular weight is 279 g/mol. The zero-order valence-electron chi connectivity index (χ0n) is 12.5. The summed E-state index contributed by atoms with van der Waals surface area (Å²) in [5.74, 6) is -0.0569. The third-order valence-electron chi connectivity index (χ3n) is 3.40. The predicted octanol–water partition coefficient (Wildman–Crippen LogP) is 1.17. The van der Waals surface area contributed by atoms with Gasteiger partial charge in [-0.1, -0.05) is 12.1 Å². The Morgan fingerprint density at radius 1 is 1.35 bits per heavy atom. The summed E-state index contributed by atoms with van der Waals surface area (Å²) < 4.78 is 0. The van der Waals surface area contributed by atoms with E-state index in [0.717, 1.165) is 11.3 Å². The molecule has 1 amide bonds. The highest BCUT2D eigenvalue weighted by Crippen LogP contribution is 2.10. The molecule has 1 aromatic rings. The Balaban J connectivity index is 2.51. The number of anilines is 1. The molecule has 112 valence electrons. The zero-order chi connectivity index (χ0) is 15.1. The van der Waals surface area contributed by atoms with Crippen molar-refractivity contribution in [3.05, 3.63) is 29.8 Å². The van der Waals surface area contributed by atoms with Crippen molar-refractivity contribution in [1.82, 2.24) is 4.90 Å². The van der Waals surface area contributed by atoms with Gasteiger partial charge in [0.15, 0.2) is 0 Å². The average Bonchev–Trinajstić information content (AvgIpc) is 2.44. The van der Waals surface area contributed by atoms with Gasteiger partial charge in [-0.25, -0.2) is 0 Å². The molecule has 4 N–H and O–H groups in total. The topological polar surface area (TPSA) is 78.6 Å². The maximum Gasteiger partial charge on any atom is 0.241 e. The Bertz CT molecular complexity index is 418. The highest BCUT2D eigenvalue weighted by Gasteiger charge is 2.18. The monoisotopic (exact) mass is 279 g/mol. The Hall–Kier alpha value is -1.43. The lowest BCUT2D eigenvalue weighted by molar-refractivity contribution is -0.120. The van der Waals surface area contributed by atoms with Crippen LogP contribution in [0, 0.1) is 0 Å². The van der Waals surface area contributed by atoms with E-state index in [-0.39, 0.29) is 18.1 Å². The van der Waals surface area contributed by atoms with Crippen molar-refractivity contribution in [2.24, 2.45) is 5.73 Å². The maximum atomic E-state index is 12.1. The smallest absolute Gasteiger partial charge is 0.241 e. The van der Waals surface area contributed by atoms with Crippen LogP contribution in [0.15, 0.2) is 24.3 Å². The minimum Gasteiger partial charge on any atom is -0.393 e. The van der Waals surface area contributed by atoms with Crippen molar-refractivity contribution in [3.8, 4) is 0 Å². The molecule has 0 radical (unpaired) electrons. The molecule has 0 aliphatic heterocycles.